The number of amides is 1. The van der Waals surface area contributed by atoms with Crippen LogP contribution in [0.3, 0.4) is 0 Å². The summed E-state index contributed by atoms with van der Waals surface area (Å²) in [5.74, 6) is -0.216. The van der Waals surface area contributed by atoms with Crippen LogP contribution < -0.4 is 10.9 Å². The molecule has 3 aromatic heterocycles. The third-order valence-electron chi connectivity index (χ3n) is 8.48. The van der Waals surface area contributed by atoms with E-state index in [0.717, 1.165) is 44.9 Å². The van der Waals surface area contributed by atoms with Gasteiger partial charge in [-0.05, 0) is 62.8 Å². The number of imidazole rings is 1. The van der Waals surface area contributed by atoms with Crippen molar-refractivity contribution in [1.82, 2.24) is 24.8 Å². The van der Waals surface area contributed by atoms with Gasteiger partial charge in [-0.2, -0.15) is 0 Å². The van der Waals surface area contributed by atoms with Crippen LogP contribution in [0.5, 0.6) is 0 Å². The third-order valence-corrected chi connectivity index (χ3v) is 9.72. The summed E-state index contributed by atoms with van der Waals surface area (Å²) in [7, 11) is 0. The number of H-pyrrole nitrogens is 1. The molecule has 5 heterocycles. The molecule has 7 nitrogen and oxygen atoms in total. The molecule has 1 fully saturated rings. The predicted molar refractivity (Wildman–Crippen MR) is 153 cm³/mol. The molecular formula is C30H23ClFN5O2S. The minimum absolute atomic E-state index is 0.0249. The molecule has 1 amide bonds. The molecule has 3 aliphatic rings. The van der Waals surface area contributed by atoms with E-state index in [-0.39, 0.29) is 33.6 Å². The number of aromatic amines is 1. The van der Waals surface area contributed by atoms with E-state index in [9.17, 15) is 9.59 Å². The number of thiazole rings is 1. The molecule has 40 heavy (non-hydrogen) atoms. The van der Waals surface area contributed by atoms with Gasteiger partial charge in [0.15, 0.2) is 0 Å². The first-order chi connectivity index (χ1) is 19.3. The lowest BCUT2D eigenvalue weighted by Crippen LogP contribution is -2.41. The number of benzene rings is 2. The maximum absolute atomic E-state index is 15.6. The normalized spacial score (nSPS) is 18.7. The standard InChI is InChI=1S/C30H23ClFN5O2S/c1-14-34-19-10-15(3-7-23(19)40-14)20-13-33-28(35-20)22-6-5-21-26-17(11-24(38)37(21)22)25-16(2-4-18(31)27(25)32)12-30(8-9-30)36-29(26)39/h2-4,7,10-11,13,22H,5-6,8-9,12H2,1H3,(H,33,35)(H,36,39)/t22-/m0/s1. The van der Waals surface area contributed by atoms with E-state index in [0.29, 0.717) is 41.9 Å². The Morgan fingerprint density at radius 3 is 2.83 bits per heavy atom. The van der Waals surface area contributed by atoms with Gasteiger partial charge in [0.05, 0.1) is 43.7 Å². The summed E-state index contributed by atoms with van der Waals surface area (Å²) in [4.78, 5) is 40.0. The molecule has 2 N–H and O–H groups in total. The van der Waals surface area contributed by atoms with Gasteiger partial charge in [0.25, 0.3) is 11.5 Å². The summed E-state index contributed by atoms with van der Waals surface area (Å²) in [5.41, 5.74) is 4.32. The second kappa shape index (κ2) is 8.34. The number of carbonyl (C=O) groups excluding carboxylic acids is 1. The van der Waals surface area contributed by atoms with Crippen LogP contribution in [-0.2, 0) is 12.8 Å². The lowest BCUT2D eigenvalue weighted by atomic mass is 9.88. The molecular weight excluding hydrogens is 549 g/mol. The molecule has 1 aliphatic carbocycles. The highest BCUT2D eigenvalue weighted by atomic mass is 35.5. The molecule has 200 valence electrons. The van der Waals surface area contributed by atoms with Crippen molar-refractivity contribution in [1.29, 1.82) is 0 Å². The van der Waals surface area contributed by atoms with Gasteiger partial charge in [0.1, 0.15) is 11.6 Å². The van der Waals surface area contributed by atoms with Crippen molar-refractivity contribution in [2.45, 2.75) is 50.6 Å². The number of hydrogen-bond acceptors (Lipinski definition) is 5. The van der Waals surface area contributed by atoms with Crippen molar-refractivity contribution in [3.63, 3.8) is 0 Å². The van der Waals surface area contributed by atoms with E-state index in [1.54, 1.807) is 28.2 Å². The van der Waals surface area contributed by atoms with Gasteiger partial charge in [0.2, 0.25) is 0 Å². The maximum atomic E-state index is 15.6. The fourth-order valence-electron chi connectivity index (χ4n) is 6.43. The van der Waals surface area contributed by atoms with Crippen LogP contribution in [0.4, 0.5) is 4.39 Å². The smallest absolute Gasteiger partial charge is 0.254 e. The highest BCUT2D eigenvalue weighted by Gasteiger charge is 2.47. The highest BCUT2D eigenvalue weighted by Crippen LogP contribution is 2.46. The van der Waals surface area contributed by atoms with Gasteiger partial charge < -0.3 is 14.9 Å². The zero-order valence-corrected chi connectivity index (χ0v) is 23.0. The number of fused-ring (bicyclic) bond motifs is 6. The second-order valence-corrected chi connectivity index (χ2v) is 12.7. The number of halogens is 2. The average Bonchev–Trinajstić information content (AvgIpc) is 3.28. The molecule has 2 aromatic carbocycles. The van der Waals surface area contributed by atoms with Crippen molar-refractivity contribution in [3.05, 3.63) is 91.4 Å². The summed E-state index contributed by atoms with van der Waals surface area (Å²) in [5, 5.41) is 4.19. The lowest BCUT2D eigenvalue weighted by Gasteiger charge is -2.27. The number of pyridine rings is 1. The van der Waals surface area contributed by atoms with Crippen LogP contribution >= 0.6 is 22.9 Å². The molecule has 8 rings (SSSR count). The number of nitrogens with one attached hydrogen (secondary N) is 2. The number of rotatable bonds is 2. The first kappa shape index (κ1) is 24.0. The largest absolute Gasteiger partial charge is 0.346 e. The van der Waals surface area contributed by atoms with E-state index in [2.05, 4.69) is 26.3 Å². The Bertz CT molecular complexity index is 1970. The minimum Gasteiger partial charge on any atom is -0.346 e. The molecule has 2 aliphatic heterocycles. The fraction of sp³-hybridized carbons (Fsp3) is 0.267. The van der Waals surface area contributed by atoms with Crippen LogP contribution in [0.15, 0.2) is 47.4 Å². The Morgan fingerprint density at radius 2 is 2.00 bits per heavy atom. The van der Waals surface area contributed by atoms with Crippen LogP contribution in [-0.4, -0.2) is 31.0 Å². The van der Waals surface area contributed by atoms with Crippen molar-refractivity contribution in [3.8, 4) is 22.4 Å². The van der Waals surface area contributed by atoms with Gasteiger partial charge in [0, 0.05) is 34.0 Å². The van der Waals surface area contributed by atoms with Gasteiger partial charge >= 0.3 is 0 Å². The predicted octanol–water partition coefficient (Wildman–Crippen LogP) is 5.97. The average molecular weight is 572 g/mol. The number of nitrogens with zero attached hydrogens (tertiary/aromatic N) is 3. The van der Waals surface area contributed by atoms with Crippen molar-refractivity contribution in [2.24, 2.45) is 0 Å². The van der Waals surface area contributed by atoms with Gasteiger partial charge in [-0.3, -0.25) is 9.59 Å². The minimum atomic E-state index is -0.590. The molecule has 0 saturated heterocycles. The van der Waals surface area contributed by atoms with Crippen LogP contribution in [0.1, 0.15) is 57.8 Å². The second-order valence-electron chi connectivity index (χ2n) is 11.0. The molecule has 1 atom stereocenters. The first-order valence-electron chi connectivity index (χ1n) is 13.3. The molecule has 10 heteroatoms. The number of carbonyl (C=O) groups is 1. The zero-order valence-electron chi connectivity index (χ0n) is 21.5. The van der Waals surface area contributed by atoms with Crippen molar-refractivity contribution < 1.29 is 9.18 Å². The lowest BCUT2D eigenvalue weighted by molar-refractivity contribution is 0.0929. The van der Waals surface area contributed by atoms with Gasteiger partial charge in [-0.25, -0.2) is 14.4 Å². The molecule has 0 bridgehead atoms. The Hall–Kier alpha value is -3.82. The fourth-order valence-corrected chi connectivity index (χ4v) is 7.40. The van der Waals surface area contributed by atoms with Crippen LogP contribution in [0.2, 0.25) is 5.02 Å². The molecule has 1 spiro atoms. The highest BCUT2D eigenvalue weighted by molar-refractivity contribution is 7.18. The quantitative estimate of drug-likeness (QED) is 0.273. The number of hydrogen-bond donors (Lipinski definition) is 2. The number of aryl methyl sites for hydroxylation is 1. The third kappa shape index (κ3) is 3.53. The van der Waals surface area contributed by atoms with Crippen molar-refractivity contribution >= 4 is 39.1 Å². The summed E-state index contributed by atoms with van der Waals surface area (Å²) in [6.45, 7) is 1.99. The van der Waals surface area contributed by atoms with E-state index < -0.39 is 5.82 Å². The summed E-state index contributed by atoms with van der Waals surface area (Å²) < 4.78 is 18.3. The van der Waals surface area contributed by atoms with E-state index in [1.807, 2.05) is 25.1 Å². The van der Waals surface area contributed by atoms with Crippen LogP contribution in [0.25, 0.3) is 32.6 Å². The van der Waals surface area contributed by atoms with E-state index >= 15 is 4.39 Å². The molecule has 1 saturated carbocycles. The molecule has 5 aromatic rings. The van der Waals surface area contributed by atoms with Gasteiger partial charge in [-0.1, -0.05) is 23.7 Å². The summed E-state index contributed by atoms with van der Waals surface area (Å²) in [6.07, 6.45) is 5.01. The summed E-state index contributed by atoms with van der Waals surface area (Å²) in [6, 6.07) is 10.5. The monoisotopic (exact) mass is 571 g/mol. The topological polar surface area (TPSA) is 92.7 Å². The summed E-state index contributed by atoms with van der Waals surface area (Å²) >= 11 is 7.85. The van der Waals surface area contributed by atoms with Crippen molar-refractivity contribution in [2.75, 3.05) is 0 Å². The number of aromatic nitrogens is 4. The Morgan fingerprint density at radius 1 is 1.15 bits per heavy atom. The van der Waals surface area contributed by atoms with Gasteiger partial charge in [-0.15, -0.1) is 11.3 Å². The van der Waals surface area contributed by atoms with Crippen LogP contribution in [0, 0.1) is 12.7 Å². The molecule has 0 radical (unpaired) electrons. The zero-order chi connectivity index (χ0) is 27.3. The molecule has 0 unspecified atom stereocenters. The van der Waals surface area contributed by atoms with E-state index in [4.69, 9.17) is 11.6 Å². The Kier molecular flexibility index (Phi) is 5.01. The van der Waals surface area contributed by atoms with E-state index in [1.165, 1.54) is 6.07 Å². The Labute approximate surface area is 237 Å². The Balaban J connectivity index is 1.26. The maximum Gasteiger partial charge on any atom is 0.254 e. The first-order valence-corrected chi connectivity index (χ1v) is 14.5. The SMILES string of the molecule is Cc1nc2cc(-c3cnc([C@@H]4CCc5c6c(cc(=O)n54)-c4c(ccc(Cl)c4F)CC4(CC4)NC6=O)[nH]3)ccc2s1.